The number of hydrogen-bond acceptors (Lipinski definition) is 2. The Morgan fingerprint density at radius 1 is 1.50 bits per heavy atom. The Hall–Kier alpha value is -0.730. The summed E-state index contributed by atoms with van der Waals surface area (Å²) < 4.78 is 5.63. The van der Waals surface area contributed by atoms with E-state index in [1.807, 2.05) is 12.1 Å². The Morgan fingerprint density at radius 2 is 2.31 bits per heavy atom. The van der Waals surface area contributed by atoms with Gasteiger partial charge in [0.1, 0.15) is 5.75 Å². The van der Waals surface area contributed by atoms with Crippen molar-refractivity contribution in [3.05, 3.63) is 29.8 Å². The molecule has 1 heterocycles. The Kier molecular flexibility index (Phi) is 4.08. The smallest absolute Gasteiger partial charge is 0.122 e. The van der Waals surface area contributed by atoms with Gasteiger partial charge in [-0.05, 0) is 25.0 Å². The lowest BCUT2D eigenvalue weighted by atomic mass is 9.93. The maximum Gasteiger partial charge on any atom is 0.122 e. The number of rotatable bonds is 4. The van der Waals surface area contributed by atoms with Crippen molar-refractivity contribution in [2.24, 2.45) is 0 Å². The highest BCUT2D eigenvalue weighted by Gasteiger charge is 2.20. The predicted octanol–water partition coefficient (Wildman–Crippen LogP) is 2.77. The van der Waals surface area contributed by atoms with E-state index in [-0.39, 0.29) is 0 Å². The van der Waals surface area contributed by atoms with Crippen LogP contribution in [0.15, 0.2) is 24.3 Å². The van der Waals surface area contributed by atoms with Crippen molar-refractivity contribution < 1.29 is 4.74 Å². The van der Waals surface area contributed by atoms with Gasteiger partial charge < -0.3 is 10.1 Å². The standard InChI is InChI=1S/C13H18ClNO/c1-10(8-14)15-9-11-6-7-16-13-5-3-2-4-12(11)13/h2-5,10-11,15H,6-9H2,1H3. The van der Waals surface area contributed by atoms with Crippen LogP contribution in [0.1, 0.15) is 24.8 Å². The number of nitrogens with one attached hydrogen (secondary N) is 1. The molecule has 0 bridgehead atoms. The summed E-state index contributed by atoms with van der Waals surface area (Å²) >= 11 is 5.78. The second kappa shape index (κ2) is 5.55. The lowest BCUT2D eigenvalue weighted by Crippen LogP contribution is -2.33. The number of alkyl halides is 1. The number of ether oxygens (including phenoxy) is 1. The topological polar surface area (TPSA) is 21.3 Å². The van der Waals surface area contributed by atoms with Gasteiger partial charge in [0.25, 0.3) is 0 Å². The third-order valence-electron chi connectivity index (χ3n) is 3.03. The minimum Gasteiger partial charge on any atom is -0.493 e. The Labute approximate surface area is 102 Å². The van der Waals surface area contributed by atoms with Gasteiger partial charge in [0.05, 0.1) is 6.61 Å². The van der Waals surface area contributed by atoms with Gasteiger partial charge in [0, 0.05) is 24.4 Å². The highest BCUT2D eigenvalue weighted by Crippen LogP contribution is 2.32. The number of benzene rings is 1. The lowest BCUT2D eigenvalue weighted by Gasteiger charge is -2.27. The van der Waals surface area contributed by atoms with Gasteiger partial charge in [0.2, 0.25) is 0 Å². The maximum absolute atomic E-state index is 5.78. The zero-order valence-electron chi connectivity index (χ0n) is 9.58. The normalized spacial score (nSPS) is 21.0. The quantitative estimate of drug-likeness (QED) is 0.816. The molecule has 3 heteroatoms. The van der Waals surface area contributed by atoms with Crippen molar-refractivity contribution in [2.75, 3.05) is 19.0 Å². The highest BCUT2D eigenvalue weighted by molar-refractivity contribution is 6.18. The Bertz CT molecular complexity index is 342. The summed E-state index contributed by atoms with van der Waals surface area (Å²) in [7, 11) is 0. The summed E-state index contributed by atoms with van der Waals surface area (Å²) in [4.78, 5) is 0. The summed E-state index contributed by atoms with van der Waals surface area (Å²) in [5.74, 6) is 2.25. The van der Waals surface area contributed by atoms with Crippen LogP contribution in [-0.2, 0) is 0 Å². The third kappa shape index (κ3) is 2.69. The van der Waals surface area contributed by atoms with E-state index in [1.165, 1.54) is 5.56 Å². The molecule has 1 aliphatic rings. The summed E-state index contributed by atoms with van der Waals surface area (Å²) in [5.41, 5.74) is 1.32. The second-order valence-electron chi connectivity index (χ2n) is 4.34. The van der Waals surface area contributed by atoms with Gasteiger partial charge in [-0.1, -0.05) is 18.2 Å². The van der Waals surface area contributed by atoms with Crippen LogP contribution in [0, 0.1) is 0 Å². The van der Waals surface area contributed by atoms with Crippen molar-refractivity contribution >= 4 is 11.6 Å². The molecule has 2 atom stereocenters. The molecule has 1 aliphatic heterocycles. The summed E-state index contributed by atoms with van der Waals surface area (Å²) in [6.45, 7) is 3.91. The van der Waals surface area contributed by atoms with Crippen LogP contribution in [0.5, 0.6) is 5.75 Å². The first kappa shape index (κ1) is 11.7. The van der Waals surface area contributed by atoms with Crippen molar-refractivity contribution in [3.8, 4) is 5.75 Å². The largest absolute Gasteiger partial charge is 0.493 e. The molecule has 0 fully saturated rings. The van der Waals surface area contributed by atoms with Gasteiger partial charge in [0.15, 0.2) is 0 Å². The highest BCUT2D eigenvalue weighted by atomic mass is 35.5. The molecule has 88 valence electrons. The lowest BCUT2D eigenvalue weighted by molar-refractivity contribution is 0.263. The van der Waals surface area contributed by atoms with E-state index in [0.29, 0.717) is 17.8 Å². The van der Waals surface area contributed by atoms with Crippen molar-refractivity contribution in [1.82, 2.24) is 5.32 Å². The predicted molar refractivity (Wildman–Crippen MR) is 67.5 cm³/mol. The van der Waals surface area contributed by atoms with Crippen LogP contribution >= 0.6 is 11.6 Å². The van der Waals surface area contributed by atoms with Crippen molar-refractivity contribution in [2.45, 2.75) is 25.3 Å². The zero-order valence-corrected chi connectivity index (χ0v) is 10.3. The number of halogens is 1. The minimum absolute atomic E-state index is 0.372. The molecule has 1 N–H and O–H groups in total. The second-order valence-corrected chi connectivity index (χ2v) is 4.64. The fraction of sp³-hybridized carbons (Fsp3) is 0.538. The molecular formula is C13H18ClNO. The van der Waals surface area contributed by atoms with E-state index in [1.54, 1.807) is 0 Å². The van der Waals surface area contributed by atoms with E-state index >= 15 is 0 Å². The van der Waals surface area contributed by atoms with Gasteiger partial charge in [-0.2, -0.15) is 0 Å². The van der Waals surface area contributed by atoms with Crippen molar-refractivity contribution in [3.63, 3.8) is 0 Å². The summed E-state index contributed by atoms with van der Waals surface area (Å²) in [6, 6.07) is 8.68. The molecule has 0 saturated carbocycles. The molecule has 0 spiro atoms. The number of fused-ring (bicyclic) bond motifs is 1. The van der Waals surface area contributed by atoms with Crippen LogP contribution in [0.4, 0.5) is 0 Å². The molecule has 0 amide bonds. The molecule has 1 aromatic carbocycles. The minimum atomic E-state index is 0.372. The summed E-state index contributed by atoms with van der Waals surface area (Å²) in [5, 5.41) is 3.46. The molecule has 0 aromatic heterocycles. The van der Waals surface area contributed by atoms with Crippen LogP contribution < -0.4 is 10.1 Å². The fourth-order valence-corrected chi connectivity index (χ4v) is 2.14. The molecule has 2 rings (SSSR count). The van der Waals surface area contributed by atoms with E-state index in [4.69, 9.17) is 16.3 Å². The van der Waals surface area contributed by atoms with Crippen LogP contribution in [0.25, 0.3) is 0 Å². The fourth-order valence-electron chi connectivity index (χ4n) is 2.03. The molecule has 0 radical (unpaired) electrons. The van der Waals surface area contributed by atoms with E-state index in [0.717, 1.165) is 25.3 Å². The van der Waals surface area contributed by atoms with Crippen LogP contribution in [0.3, 0.4) is 0 Å². The van der Waals surface area contributed by atoms with Gasteiger partial charge in [-0.15, -0.1) is 11.6 Å². The first-order valence-corrected chi connectivity index (χ1v) is 6.35. The van der Waals surface area contributed by atoms with E-state index < -0.39 is 0 Å². The first-order chi connectivity index (χ1) is 7.81. The molecule has 0 aliphatic carbocycles. The average molecular weight is 240 g/mol. The average Bonchev–Trinajstić information content (AvgIpc) is 2.35. The molecule has 16 heavy (non-hydrogen) atoms. The van der Waals surface area contributed by atoms with E-state index in [9.17, 15) is 0 Å². The SMILES string of the molecule is CC(CCl)NCC1CCOc2ccccc21. The Balaban J connectivity index is 2.01. The van der Waals surface area contributed by atoms with Gasteiger partial charge in [-0.25, -0.2) is 0 Å². The molecule has 1 aromatic rings. The molecule has 2 unspecified atom stereocenters. The first-order valence-electron chi connectivity index (χ1n) is 5.82. The van der Waals surface area contributed by atoms with Gasteiger partial charge in [-0.3, -0.25) is 0 Å². The van der Waals surface area contributed by atoms with Crippen molar-refractivity contribution in [1.29, 1.82) is 0 Å². The van der Waals surface area contributed by atoms with Crippen LogP contribution in [-0.4, -0.2) is 25.1 Å². The monoisotopic (exact) mass is 239 g/mol. The number of para-hydroxylation sites is 1. The number of hydrogen-bond donors (Lipinski definition) is 1. The van der Waals surface area contributed by atoms with Gasteiger partial charge >= 0.3 is 0 Å². The summed E-state index contributed by atoms with van der Waals surface area (Å²) in [6.07, 6.45) is 1.08. The van der Waals surface area contributed by atoms with E-state index in [2.05, 4.69) is 24.4 Å². The Morgan fingerprint density at radius 3 is 3.12 bits per heavy atom. The molecular weight excluding hydrogens is 222 g/mol. The molecule has 0 saturated heterocycles. The zero-order chi connectivity index (χ0) is 11.4. The maximum atomic E-state index is 5.78. The third-order valence-corrected chi connectivity index (χ3v) is 3.49. The van der Waals surface area contributed by atoms with Crippen LogP contribution in [0.2, 0.25) is 0 Å². The molecule has 2 nitrogen and oxygen atoms in total.